The SMILES string of the molecule is CC1=C(CO[Si](C)(C)C(C)(C)C)C(C)(C)[C@@]2(CC1)COC(C=O)O2. The Hall–Kier alpha value is -0.493. The first-order valence-electron chi connectivity index (χ1n) is 8.94. The van der Waals surface area contributed by atoms with Crippen LogP contribution in [-0.2, 0) is 18.7 Å². The maximum Gasteiger partial charge on any atom is 0.215 e. The minimum absolute atomic E-state index is 0.188. The molecule has 0 bridgehead atoms. The van der Waals surface area contributed by atoms with Gasteiger partial charge in [-0.15, -0.1) is 0 Å². The highest BCUT2D eigenvalue weighted by Gasteiger charge is 2.56. The predicted molar refractivity (Wildman–Crippen MR) is 98.5 cm³/mol. The fourth-order valence-corrected chi connectivity index (χ4v) is 4.41. The van der Waals surface area contributed by atoms with Crippen LogP contribution in [0.15, 0.2) is 11.1 Å². The predicted octanol–water partition coefficient (Wildman–Crippen LogP) is 4.46. The molecule has 0 aromatic carbocycles. The number of rotatable bonds is 4. The summed E-state index contributed by atoms with van der Waals surface area (Å²) in [5, 5.41) is 0.188. The molecule has 1 heterocycles. The van der Waals surface area contributed by atoms with Crippen LogP contribution in [0, 0.1) is 5.41 Å². The lowest BCUT2D eigenvalue weighted by molar-refractivity contribution is -0.149. The largest absolute Gasteiger partial charge is 0.413 e. The second-order valence-corrected chi connectivity index (χ2v) is 14.2. The van der Waals surface area contributed by atoms with Gasteiger partial charge < -0.3 is 13.9 Å². The van der Waals surface area contributed by atoms with Gasteiger partial charge in [-0.25, -0.2) is 0 Å². The van der Waals surface area contributed by atoms with Crippen molar-refractivity contribution in [2.45, 2.75) is 84.4 Å². The van der Waals surface area contributed by atoms with Gasteiger partial charge in [0.05, 0.1) is 13.2 Å². The summed E-state index contributed by atoms with van der Waals surface area (Å²) < 4.78 is 18.1. The third-order valence-electron chi connectivity index (χ3n) is 6.63. The van der Waals surface area contributed by atoms with E-state index in [0.717, 1.165) is 19.1 Å². The molecule has 0 aromatic rings. The van der Waals surface area contributed by atoms with Gasteiger partial charge in [-0.2, -0.15) is 0 Å². The van der Waals surface area contributed by atoms with Crippen molar-refractivity contribution >= 4 is 14.6 Å². The summed E-state index contributed by atoms with van der Waals surface area (Å²) in [6, 6.07) is 0. The Bertz CT molecular complexity index is 530. The molecule has 24 heavy (non-hydrogen) atoms. The van der Waals surface area contributed by atoms with E-state index in [-0.39, 0.29) is 10.5 Å². The summed E-state index contributed by atoms with van der Waals surface area (Å²) in [5.74, 6) is 0. The van der Waals surface area contributed by atoms with E-state index in [1.54, 1.807) is 0 Å². The molecule has 4 nitrogen and oxygen atoms in total. The van der Waals surface area contributed by atoms with E-state index in [9.17, 15) is 4.79 Å². The van der Waals surface area contributed by atoms with Crippen LogP contribution in [0.25, 0.3) is 0 Å². The van der Waals surface area contributed by atoms with Crippen LogP contribution in [0.1, 0.15) is 54.4 Å². The fourth-order valence-electron chi connectivity index (χ4n) is 3.47. The van der Waals surface area contributed by atoms with Crippen molar-refractivity contribution in [1.29, 1.82) is 0 Å². The van der Waals surface area contributed by atoms with E-state index in [1.165, 1.54) is 11.1 Å². The number of aldehydes is 1. The normalized spacial score (nSPS) is 30.9. The molecule has 2 atom stereocenters. The number of hydrogen-bond acceptors (Lipinski definition) is 4. The summed E-state index contributed by atoms with van der Waals surface area (Å²) in [4.78, 5) is 11.1. The molecular formula is C19H34O4Si. The molecule has 0 aromatic heterocycles. The van der Waals surface area contributed by atoms with E-state index in [4.69, 9.17) is 13.9 Å². The minimum atomic E-state index is -1.81. The van der Waals surface area contributed by atoms with E-state index >= 15 is 0 Å². The molecule has 1 fully saturated rings. The topological polar surface area (TPSA) is 44.8 Å². The van der Waals surface area contributed by atoms with Crippen LogP contribution in [0.2, 0.25) is 18.1 Å². The standard InChI is InChI=1S/C19H34O4Si/c1-14-9-10-19(13-21-16(11-20)23-19)18(5,6)15(14)12-22-24(7,8)17(2,3)4/h11,16H,9-10,12-13H2,1-8H3/t16?,19-/m1/s1. The van der Waals surface area contributed by atoms with Gasteiger partial charge in [-0.05, 0) is 43.5 Å². The fraction of sp³-hybridized carbons (Fsp3) is 0.842. The van der Waals surface area contributed by atoms with Crippen LogP contribution >= 0.6 is 0 Å². The Morgan fingerprint density at radius 3 is 2.46 bits per heavy atom. The lowest BCUT2D eigenvalue weighted by Crippen LogP contribution is -2.52. The summed E-state index contributed by atoms with van der Waals surface area (Å²) in [6.45, 7) is 19.1. The Balaban J connectivity index is 2.24. The van der Waals surface area contributed by atoms with Crippen molar-refractivity contribution < 1.29 is 18.7 Å². The van der Waals surface area contributed by atoms with Crippen LogP contribution in [0.3, 0.4) is 0 Å². The zero-order valence-electron chi connectivity index (χ0n) is 16.6. The van der Waals surface area contributed by atoms with Crippen molar-refractivity contribution in [2.75, 3.05) is 13.2 Å². The van der Waals surface area contributed by atoms with E-state index in [0.29, 0.717) is 13.2 Å². The number of hydrogen-bond donors (Lipinski definition) is 0. The molecule has 2 aliphatic rings. The molecule has 1 saturated heterocycles. The molecule has 1 aliphatic carbocycles. The van der Waals surface area contributed by atoms with Crippen molar-refractivity contribution in [3.8, 4) is 0 Å². The van der Waals surface area contributed by atoms with Crippen molar-refractivity contribution in [2.24, 2.45) is 5.41 Å². The average Bonchev–Trinajstić information content (AvgIpc) is 2.87. The van der Waals surface area contributed by atoms with Crippen molar-refractivity contribution in [3.05, 3.63) is 11.1 Å². The first-order valence-corrected chi connectivity index (χ1v) is 11.8. The molecule has 5 heteroatoms. The summed E-state index contributed by atoms with van der Waals surface area (Å²) in [5.41, 5.74) is 2.07. The van der Waals surface area contributed by atoms with Gasteiger partial charge in [0.25, 0.3) is 0 Å². The maximum absolute atomic E-state index is 11.1. The summed E-state index contributed by atoms with van der Waals surface area (Å²) in [7, 11) is -1.81. The van der Waals surface area contributed by atoms with Gasteiger partial charge in [0.1, 0.15) is 5.60 Å². The monoisotopic (exact) mass is 354 g/mol. The first-order chi connectivity index (χ1) is 10.9. The quantitative estimate of drug-likeness (QED) is 0.425. The van der Waals surface area contributed by atoms with Crippen LogP contribution < -0.4 is 0 Å². The molecular weight excluding hydrogens is 320 g/mol. The highest BCUT2D eigenvalue weighted by atomic mass is 28.4. The van der Waals surface area contributed by atoms with Crippen molar-refractivity contribution in [1.82, 2.24) is 0 Å². The molecule has 0 radical (unpaired) electrons. The highest BCUT2D eigenvalue weighted by Crippen LogP contribution is 2.52. The second kappa shape index (κ2) is 6.34. The Morgan fingerprint density at radius 1 is 1.33 bits per heavy atom. The van der Waals surface area contributed by atoms with Gasteiger partial charge in [0.2, 0.25) is 6.29 Å². The summed E-state index contributed by atoms with van der Waals surface area (Å²) >= 11 is 0. The molecule has 0 saturated carbocycles. The van der Waals surface area contributed by atoms with Crippen LogP contribution in [-0.4, -0.2) is 39.7 Å². The molecule has 138 valence electrons. The van der Waals surface area contributed by atoms with Gasteiger partial charge in [-0.3, -0.25) is 4.79 Å². The van der Waals surface area contributed by atoms with Gasteiger partial charge in [-0.1, -0.05) is 40.2 Å². The molecule has 0 amide bonds. The van der Waals surface area contributed by atoms with E-state index in [2.05, 4.69) is 54.6 Å². The number of carbonyl (C=O) groups excluding carboxylic acids is 1. The average molecular weight is 355 g/mol. The van der Waals surface area contributed by atoms with Crippen LogP contribution in [0.4, 0.5) is 0 Å². The Labute approximate surface area is 148 Å². The number of ether oxygens (including phenoxy) is 2. The molecule has 1 spiro atoms. The van der Waals surface area contributed by atoms with E-state index < -0.39 is 20.2 Å². The van der Waals surface area contributed by atoms with E-state index in [1.807, 2.05) is 0 Å². The number of carbonyl (C=O) groups is 1. The molecule has 1 aliphatic heterocycles. The maximum atomic E-state index is 11.1. The minimum Gasteiger partial charge on any atom is -0.413 e. The Morgan fingerprint density at radius 2 is 1.96 bits per heavy atom. The third-order valence-corrected chi connectivity index (χ3v) is 11.1. The van der Waals surface area contributed by atoms with Crippen molar-refractivity contribution in [3.63, 3.8) is 0 Å². The Kier molecular flexibility index (Phi) is 5.24. The molecule has 0 N–H and O–H groups in total. The number of allylic oxidation sites excluding steroid dienone is 1. The second-order valence-electron chi connectivity index (χ2n) is 9.36. The smallest absolute Gasteiger partial charge is 0.215 e. The lowest BCUT2D eigenvalue weighted by Gasteiger charge is -2.49. The first kappa shape index (κ1) is 19.8. The van der Waals surface area contributed by atoms with Crippen LogP contribution in [0.5, 0.6) is 0 Å². The highest BCUT2D eigenvalue weighted by molar-refractivity contribution is 6.74. The zero-order valence-corrected chi connectivity index (χ0v) is 17.6. The van der Waals surface area contributed by atoms with Gasteiger partial charge in [0, 0.05) is 5.41 Å². The summed E-state index contributed by atoms with van der Waals surface area (Å²) in [6.07, 6.45) is 1.88. The molecule has 1 unspecified atom stereocenters. The molecule has 2 rings (SSSR count). The lowest BCUT2D eigenvalue weighted by atomic mass is 9.63. The third kappa shape index (κ3) is 3.28. The van der Waals surface area contributed by atoms with Gasteiger partial charge in [0.15, 0.2) is 14.6 Å². The van der Waals surface area contributed by atoms with Gasteiger partial charge >= 0.3 is 0 Å². The zero-order chi connectivity index (χ0) is 18.4.